The number of nitrogens with one attached hydrogen (secondary N) is 1. The second-order valence-corrected chi connectivity index (χ2v) is 5.09. The minimum Gasteiger partial charge on any atom is -0.310 e. The molecule has 0 radical (unpaired) electrons. The van der Waals surface area contributed by atoms with Gasteiger partial charge in [-0.25, -0.2) is 4.39 Å². The summed E-state index contributed by atoms with van der Waals surface area (Å²) in [6.45, 7) is 9.35. The van der Waals surface area contributed by atoms with Gasteiger partial charge in [0, 0.05) is 6.04 Å². The van der Waals surface area contributed by atoms with Crippen LogP contribution >= 0.6 is 0 Å². The lowest BCUT2D eigenvalue weighted by Crippen LogP contribution is -2.21. The summed E-state index contributed by atoms with van der Waals surface area (Å²) in [4.78, 5) is 0. The molecule has 0 saturated carbocycles. The smallest absolute Gasteiger partial charge is 0.126 e. The van der Waals surface area contributed by atoms with Gasteiger partial charge in [0.25, 0.3) is 0 Å². The van der Waals surface area contributed by atoms with Gasteiger partial charge in [-0.3, -0.25) is 0 Å². The molecule has 1 aromatic carbocycles. The maximum absolute atomic E-state index is 13.2. The zero-order valence-electron chi connectivity index (χ0n) is 11.4. The normalized spacial score (nSPS) is 13.1. The van der Waals surface area contributed by atoms with E-state index in [0.717, 1.165) is 18.5 Å². The lowest BCUT2D eigenvalue weighted by Gasteiger charge is -2.20. The van der Waals surface area contributed by atoms with Crippen molar-refractivity contribution in [3.63, 3.8) is 0 Å². The van der Waals surface area contributed by atoms with Gasteiger partial charge in [0.05, 0.1) is 0 Å². The van der Waals surface area contributed by atoms with E-state index in [1.54, 1.807) is 6.07 Å². The first-order valence-corrected chi connectivity index (χ1v) is 6.54. The highest BCUT2D eigenvalue weighted by Crippen LogP contribution is 2.22. The summed E-state index contributed by atoms with van der Waals surface area (Å²) in [6, 6.07) is 5.78. The summed E-state index contributed by atoms with van der Waals surface area (Å²) < 4.78 is 13.2. The molecule has 1 rings (SSSR count). The number of aryl methyl sites for hydroxylation is 1. The van der Waals surface area contributed by atoms with Gasteiger partial charge in [0.1, 0.15) is 5.82 Å². The Bertz CT molecular complexity index is 347. The molecule has 1 unspecified atom stereocenters. The fourth-order valence-corrected chi connectivity index (χ4v) is 2.02. The van der Waals surface area contributed by atoms with Crippen LogP contribution in [0.3, 0.4) is 0 Å². The number of benzene rings is 1. The van der Waals surface area contributed by atoms with Crippen molar-refractivity contribution < 1.29 is 4.39 Å². The van der Waals surface area contributed by atoms with Crippen molar-refractivity contribution in [2.45, 2.75) is 46.6 Å². The van der Waals surface area contributed by atoms with Crippen LogP contribution in [0.25, 0.3) is 0 Å². The largest absolute Gasteiger partial charge is 0.310 e. The molecule has 2 heteroatoms. The van der Waals surface area contributed by atoms with Crippen LogP contribution in [0.4, 0.5) is 4.39 Å². The molecule has 0 amide bonds. The van der Waals surface area contributed by atoms with Crippen LogP contribution in [0, 0.1) is 18.7 Å². The molecular formula is C15H24FN. The Morgan fingerprint density at radius 2 is 1.94 bits per heavy atom. The predicted octanol–water partition coefficient (Wildman–Crippen LogP) is 4.22. The Morgan fingerprint density at radius 3 is 2.47 bits per heavy atom. The van der Waals surface area contributed by atoms with E-state index in [1.165, 1.54) is 12.0 Å². The van der Waals surface area contributed by atoms with Crippen LogP contribution in [0.15, 0.2) is 18.2 Å². The van der Waals surface area contributed by atoms with E-state index in [4.69, 9.17) is 0 Å². The third kappa shape index (κ3) is 4.47. The van der Waals surface area contributed by atoms with Crippen LogP contribution in [0.5, 0.6) is 0 Å². The molecule has 0 heterocycles. The summed E-state index contributed by atoms with van der Waals surface area (Å²) in [7, 11) is 0. The molecule has 96 valence electrons. The van der Waals surface area contributed by atoms with E-state index < -0.39 is 0 Å². The maximum atomic E-state index is 13.2. The molecule has 0 bridgehead atoms. The molecule has 0 aliphatic rings. The van der Waals surface area contributed by atoms with Crippen molar-refractivity contribution >= 4 is 0 Å². The van der Waals surface area contributed by atoms with Gasteiger partial charge in [-0.2, -0.15) is 0 Å². The Hall–Kier alpha value is -0.890. The first-order chi connectivity index (χ1) is 8.04. The van der Waals surface area contributed by atoms with Gasteiger partial charge >= 0.3 is 0 Å². The highest BCUT2D eigenvalue weighted by atomic mass is 19.1. The minimum atomic E-state index is -0.118. The van der Waals surface area contributed by atoms with Crippen LogP contribution < -0.4 is 5.32 Å². The number of hydrogen-bond donors (Lipinski definition) is 1. The van der Waals surface area contributed by atoms with E-state index in [9.17, 15) is 4.39 Å². The molecule has 1 atom stereocenters. The van der Waals surface area contributed by atoms with Gasteiger partial charge in [-0.15, -0.1) is 0 Å². The van der Waals surface area contributed by atoms with Crippen LogP contribution in [0.2, 0.25) is 0 Å². The molecular weight excluding hydrogens is 213 g/mol. The minimum absolute atomic E-state index is 0.118. The molecule has 0 aliphatic carbocycles. The zero-order valence-corrected chi connectivity index (χ0v) is 11.4. The van der Waals surface area contributed by atoms with Crippen LogP contribution in [0.1, 0.15) is 50.8 Å². The Kier molecular flexibility index (Phi) is 5.63. The van der Waals surface area contributed by atoms with E-state index in [0.29, 0.717) is 12.0 Å². The number of hydrogen-bond acceptors (Lipinski definition) is 1. The summed E-state index contributed by atoms with van der Waals surface area (Å²) in [5, 5.41) is 3.48. The third-order valence-corrected chi connectivity index (χ3v) is 3.07. The third-order valence-electron chi connectivity index (χ3n) is 3.07. The van der Waals surface area contributed by atoms with Gasteiger partial charge in [-0.05, 0) is 49.4 Å². The highest BCUT2D eigenvalue weighted by Gasteiger charge is 2.12. The average Bonchev–Trinajstić information content (AvgIpc) is 2.28. The fraction of sp³-hybridized carbons (Fsp3) is 0.600. The molecule has 0 saturated heterocycles. The second-order valence-electron chi connectivity index (χ2n) is 5.09. The van der Waals surface area contributed by atoms with E-state index in [2.05, 4.69) is 26.1 Å². The molecule has 1 aromatic rings. The van der Waals surface area contributed by atoms with Gasteiger partial charge < -0.3 is 5.32 Å². The van der Waals surface area contributed by atoms with Crippen LogP contribution in [-0.4, -0.2) is 6.54 Å². The van der Waals surface area contributed by atoms with Crippen molar-refractivity contribution in [3.8, 4) is 0 Å². The quantitative estimate of drug-likeness (QED) is 0.781. The van der Waals surface area contributed by atoms with Crippen LogP contribution in [-0.2, 0) is 0 Å². The van der Waals surface area contributed by atoms with Crippen molar-refractivity contribution in [1.29, 1.82) is 0 Å². The molecule has 1 N–H and O–H groups in total. The Labute approximate surface area is 104 Å². The summed E-state index contributed by atoms with van der Waals surface area (Å²) >= 11 is 0. The average molecular weight is 237 g/mol. The first-order valence-electron chi connectivity index (χ1n) is 6.54. The molecule has 0 fully saturated rings. The highest BCUT2D eigenvalue weighted by molar-refractivity contribution is 5.26. The molecule has 0 aromatic heterocycles. The van der Waals surface area contributed by atoms with Gasteiger partial charge in [-0.1, -0.05) is 32.9 Å². The molecule has 17 heavy (non-hydrogen) atoms. The van der Waals surface area contributed by atoms with Crippen molar-refractivity contribution in [1.82, 2.24) is 5.32 Å². The summed E-state index contributed by atoms with van der Waals surface area (Å²) in [5.41, 5.74) is 1.93. The summed E-state index contributed by atoms with van der Waals surface area (Å²) in [6.07, 6.45) is 2.30. The first kappa shape index (κ1) is 14.2. The standard InChI is InChI=1S/C15H24FN/c1-5-17-15(9-6-11(2)3)13-7-8-14(16)12(4)10-13/h7-8,10-11,15,17H,5-6,9H2,1-4H3. The molecule has 0 aliphatic heterocycles. The van der Waals surface area contributed by atoms with Crippen molar-refractivity contribution in [3.05, 3.63) is 35.1 Å². The predicted molar refractivity (Wildman–Crippen MR) is 71.6 cm³/mol. The fourth-order valence-electron chi connectivity index (χ4n) is 2.02. The number of halogens is 1. The van der Waals surface area contributed by atoms with E-state index in [1.807, 2.05) is 19.1 Å². The Morgan fingerprint density at radius 1 is 1.24 bits per heavy atom. The van der Waals surface area contributed by atoms with Crippen molar-refractivity contribution in [2.75, 3.05) is 6.54 Å². The van der Waals surface area contributed by atoms with E-state index in [-0.39, 0.29) is 5.82 Å². The van der Waals surface area contributed by atoms with Crippen molar-refractivity contribution in [2.24, 2.45) is 5.92 Å². The Balaban J connectivity index is 2.77. The molecule has 1 nitrogen and oxygen atoms in total. The van der Waals surface area contributed by atoms with E-state index >= 15 is 0 Å². The lowest BCUT2D eigenvalue weighted by molar-refractivity contribution is 0.448. The zero-order chi connectivity index (χ0) is 12.8. The maximum Gasteiger partial charge on any atom is 0.126 e. The monoisotopic (exact) mass is 237 g/mol. The number of rotatable bonds is 6. The second kappa shape index (κ2) is 6.75. The SMILES string of the molecule is CCNC(CCC(C)C)c1ccc(F)c(C)c1. The molecule has 0 spiro atoms. The summed E-state index contributed by atoms with van der Waals surface area (Å²) in [5.74, 6) is 0.588. The lowest BCUT2D eigenvalue weighted by atomic mass is 9.96. The van der Waals surface area contributed by atoms with Gasteiger partial charge in [0.15, 0.2) is 0 Å². The topological polar surface area (TPSA) is 12.0 Å². The van der Waals surface area contributed by atoms with Gasteiger partial charge in [0.2, 0.25) is 0 Å².